The fraction of sp³-hybridized carbons (Fsp3) is 0.619. The van der Waals surface area contributed by atoms with E-state index in [1.54, 1.807) is 11.3 Å². The third-order valence-electron chi connectivity index (χ3n) is 6.23. The second-order valence-corrected chi connectivity index (χ2v) is 9.49. The summed E-state index contributed by atoms with van der Waals surface area (Å²) in [5.74, 6) is 0.101. The summed E-state index contributed by atoms with van der Waals surface area (Å²) >= 11 is 1.67. The first-order valence-corrected chi connectivity index (χ1v) is 11.2. The van der Waals surface area contributed by atoms with Crippen molar-refractivity contribution in [2.24, 2.45) is 0 Å². The quantitative estimate of drug-likeness (QED) is 0.838. The first-order chi connectivity index (χ1) is 13.6. The lowest BCUT2D eigenvalue weighted by Crippen LogP contribution is -2.46. The fourth-order valence-electron chi connectivity index (χ4n) is 4.40. The Morgan fingerprint density at radius 3 is 2.89 bits per heavy atom. The van der Waals surface area contributed by atoms with Gasteiger partial charge in [0.1, 0.15) is 0 Å². The number of aromatic nitrogens is 2. The molecule has 0 unspecified atom stereocenters. The number of amides is 1. The lowest BCUT2D eigenvalue weighted by atomic mass is 9.82. The number of carbonyl (C=O) groups is 1. The van der Waals surface area contributed by atoms with Crippen LogP contribution in [0, 0.1) is 6.92 Å². The molecule has 1 N–H and O–H groups in total. The molecule has 2 fully saturated rings. The third kappa shape index (κ3) is 3.63. The smallest absolute Gasteiger partial charge is 0.261 e. The first-order valence-electron chi connectivity index (χ1n) is 10.4. The molecule has 6 nitrogen and oxygen atoms in total. The molecule has 0 aromatic carbocycles. The van der Waals surface area contributed by atoms with Crippen LogP contribution in [0.25, 0.3) is 0 Å². The molecule has 150 valence electrons. The molecule has 2 aromatic heterocycles. The van der Waals surface area contributed by atoms with E-state index < -0.39 is 0 Å². The molecule has 1 spiro atoms. The Morgan fingerprint density at radius 2 is 2.18 bits per heavy atom. The van der Waals surface area contributed by atoms with Crippen molar-refractivity contribution in [3.05, 3.63) is 39.3 Å². The Balaban J connectivity index is 1.24. The molecule has 28 heavy (non-hydrogen) atoms. The summed E-state index contributed by atoms with van der Waals surface area (Å²) in [7, 11) is 0. The van der Waals surface area contributed by atoms with Crippen LogP contribution in [0.4, 0.5) is 0 Å². The third-order valence-corrected chi connectivity index (χ3v) is 7.42. The molecule has 1 saturated carbocycles. The number of nitrogens with zero attached hydrogens (tertiary/aromatic N) is 3. The van der Waals surface area contributed by atoms with Crippen LogP contribution in [0.3, 0.4) is 0 Å². The first kappa shape index (κ1) is 18.3. The second kappa shape index (κ2) is 7.28. The number of thiophene rings is 1. The van der Waals surface area contributed by atoms with Crippen LogP contribution in [0.15, 0.2) is 18.3 Å². The van der Waals surface area contributed by atoms with E-state index >= 15 is 0 Å². The molecule has 7 heteroatoms. The zero-order valence-electron chi connectivity index (χ0n) is 16.4. The van der Waals surface area contributed by atoms with Gasteiger partial charge in [-0.3, -0.25) is 9.48 Å². The van der Waals surface area contributed by atoms with E-state index in [9.17, 15) is 4.79 Å². The van der Waals surface area contributed by atoms with Gasteiger partial charge in [-0.1, -0.05) is 0 Å². The van der Waals surface area contributed by atoms with Gasteiger partial charge >= 0.3 is 0 Å². The molecule has 1 amide bonds. The van der Waals surface area contributed by atoms with E-state index in [1.165, 1.54) is 10.4 Å². The summed E-state index contributed by atoms with van der Waals surface area (Å²) in [6.45, 7) is 6.79. The Labute approximate surface area is 169 Å². The number of fused-ring (bicyclic) bond motifs is 2. The monoisotopic (exact) mass is 400 g/mol. The van der Waals surface area contributed by atoms with Crippen LogP contribution >= 0.6 is 11.3 Å². The summed E-state index contributed by atoms with van der Waals surface area (Å²) in [5.41, 5.74) is 2.16. The normalized spacial score (nSPS) is 21.6. The molecular weight excluding hydrogens is 372 g/mol. The van der Waals surface area contributed by atoms with Crippen LogP contribution in [-0.4, -0.2) is 52.9 Å². The largest absolute Gasteiger partial charge is 0.370 e. The Hall–Kier alpha value is -1.70. The molecule has 3 aliphatic rings. The van der Waals surface area contributed by atoms with Gasteiger partial charge in [-0.2, -0.15) is 5.10 Å². The van der Waals surface area contributed by atoms with Gasteiger partial charge in [0.05, 0.1) is 29.3 Å². The van der Waals surface area contributed by atoms with Gasteiger partial charge in [-0.25, -0.2) is 0 Å². The molecule has 1 aliphatic carbocycles. The summed E-state index contributed by atoms with van der Waals surface area (Å²) in [5, 5.41) is 7.61. The maximum Gasteiger partial charge on any atom is 0.261 e. The van der Waals surface area contributed by atoms with E-state index in [-0.39, 0.29) is 11.5 Å². The van der Waals surface area contributed by atoms with Crippen molar-refractivity contribution < 1.29 is 9.53 Å². The number of nitrogens with one attached hydrogen (secondary N) is 1. The second-order valence-electron chi connectivity index (χ2n) is 8.35. The highest BCUT2D eigenvalue weighted by molar-refractivity contribution is 7.14. The highest BCUT2D eigenvalue weighted by Gasteiger charge is 2.42. The van der Waals surface area contributed by atoms with Gasteiger partial charge in [-0.05, 0) is 50.3 Å². The highest BCUT2D eigenvalue weighted by atomic mass is 32.1. The van der Waals surface area contributed by atoms with Crippen LogP contribution in [0.2, 0.25) is 0 Å². The zero-order chi connectivity index (χ0) is 19.1. The minimum atomic E-state index is -0.193. The molecule has 2 aliphatic heterocycles. The minimum absolute atomic E-state index is 0.101. The molecule has 4 heterocycles. The van der Waals surface area contributed by atoms with Crippen LogP contribution in [0.5, 0.6) is 0 Å². The highest BCUT2D eigenvalue weighted by Crippen LogP contribution is 2.44. The summed E-state index contributed by atoms with van der Waals surface area (Å²) in [6, 6.07) is 4.58. The van der Waals surface area contributed by atoms with Gasteiger partial charge in [0.15, 0.2) is 0 Å². The van der Waals surface area contributed by atoms with Crippen molar-refractivity contribution in [1.82, 2.24) is 20.0 Å². The minimum Gasteiger partial charge on any atom is -0.370 e. The molecule has 0 atom stereocenters. The van der Waals surface area contributed by atoms with Crippen molar-refractivity contribution in [3.8, 4) is 0 Å². The number of likely N-dealkylation sites (tertiary alicyclic amines) is 1. The number of piperidine rings is 1. The Bertz CT molecular complexity index is 862. The SMILES string of the molecule is Cc1ccn(CCN2CCC3(CC2)OCCc2sc(C(=O)NC4CC4)cc23)n1. The van der Waals surface area contributed by atoms with E-state index in [1.807, 2.05) is 11.6 Å². The number of carbonyl (C=O) groups excluding carboxylic acids is 1. The van der Waals surface area contributed by atoms with Gasteiger partial charge in [-0.15, -0.1) is 11.3 Å². The van der Waals surface area contributed by atoms with E-state index in [0.29, 0.717) is 6.04 Å². The van der Waals surface area contributed by atoms with Gasteiger partial charge in [0, 0.05) is 43.2 Å². The van der Waals surface area contributed by atoms with Crippen LogP contribution in [0.1, 0.15) is 51.5 Å². The lowest BCUT2D eigenvalue weighted by Gasteiger charge is -2.44. The molecule has 1 saturated heterocycles. The van der Waals surface area contributed by atoms with Crippen molar-refractivity contribution in [3.63, 3.8) is 0 Å². The van der Waals surface area contributed by atoms with Crippen molar-refractivity contribution in [2.75, 3.05) is 26.2 Å². The molecular formula is C21H28N4O2S. The number of rotatable bonds is 5. The predicted octanol–water partition coefficient (Wildman–Crippen LogP) is 2.71. The molecule has 0 radical (unpaired) electrons. The molecule has 5 rings (SSSR count). The average Bonchev–Trinajstić information content (AvgIpc) is 3.23. The summed E-state index contributed by atoms with van der Waals surface area (Å²) < 4.78 is 8.39. The predicted molar refractivity (Wildman–Crippen MR) is 109 cm³/mol. The van der Waals surface area contributed by atoms with Gasteiger partial charge in [0.25, 0.3) is 5.91 Å². The molecule has 2 aromatic rings. The number of ether oxygens (including phenoxy) is 1. The van der Waals surface area contributed by atoms with Crippen molar-refractivity contribution in [1.29, 1.82) is 0 Å². The summed E-state index contributed by atoms with van der Waals surface area (Å²) in [6.07, 6.45) is 7.23. The number of hydrogen-bond donors (Lipinski definition) is 1. The maximum absolute atomic E-state index is 12.5. The van der Waals surface area contributed by atoms with Crippen LogP contribution in [-0.2, 0) is 23.3 Å². The zero-order valence-corrected chi connectivity index (χ0v) is 17.3. The van der Waals surface area contributed by atoms with Crippen molar-refractivity contribution in [2.45, 2.75) is 57.2 Å². The average molecular weight is 401 g/mol. The van der Waals surface area contributed by atoms with Gasteiger partial charge < -0.3 is 15.0 Å². The maximum atomic E-state index is 12.5. The van der Waals surface area contributed by atoms with Crippen molar-refractivity contribution >= 4 is 17.2 Å². The number of aryl methyl sites for hydroxylation is 1. The van der Waals surface area contributed by atoms with Gasteiger partial charge in [0.2, 0.25) is 0 Å². The lowest BCUT2D eigenvalue weighted by molar-refractivity contribution is -0.0973. The topological polar surface area (TPSA) is 59.4 Å². The summed E-state index contributed by atoms with van der Waals surface area (Å²) in [4.78, 5) is 17.2. The fourth-order valence-corrected chi connectivity index (χ4v) is 5.53. The Morgan fingerprint density at radius 1 is 1.36 bits per heavy atom. The van der Waals surface area contributed by atoms with E-state index in [0.717, 1.165) is 75.5 Å². The standard InChI is InChI=1S/C21H28N4O2S/c1-15-4-8-25(23-15)12-11-24-9-6-21(7-10-24)17-14-19(20(26)22-16-2-3-16)28-18(17)5-13-27-21/h4,8,14,16H,2-3,5-7,9-13H2,1H3,(H,22,26). The van der Waals surface area contributed by atoms with E-state index in [4.69, 9.17) is 4.74 Å². The number of hydrogen-bond acceptors (Lipinski definition) is 5. The van der Waals surface area contributed by atoms with E-state index in [2.05, 4.69) is 33.6 Å². The Kier molecular flexibility index (Phi) is 4.77. The van der Waals surface area contributed by atoms with Crippen LogP contribution < -0.4 is 5.32 Å². The molecule has 0 bridgehead atoms.